The number of aromatic nitrogens is 3. The summed E-state index contributed by atoms with van der Waals surface area (Å²) in [6, 6.07) is 0. The molecule has 0 atom stereocenters. The Bertz CT molecular complexity index is 468. The van der Waals surface area contributed by atoms with Gasteiger partial charge in [0.2, 0.25) is 17.7 Å². The summed E-state index contributed by atoms with van der Waals surface area (Å²) in [6.07, 6.45) is 1.49. The van der Waals surface area contributed by atoms with Crippen molar-refractivity contribution in [2.24, 2.45) is 17.2 Å². The maximum absolute atomic E-state index is 11.9. The normalized spacial score (nSPS) is 10.2. The lowest BCUT2D eigenvalue weighted by Crippen LogP contribution is -2.44. The molecule has 0 fully saturated rings. The van der Waals surface area contributed by atoms with Gasteiger partial charge in [-0.05, 0) is 0 Å². The van der Waals surface area contributed by atoms with E-state index in [2.05, 4.69) is 10.3 Å². The number of carbonyl (C=O) groups excluding carboxylic acids is 3. The highest BCUT2D eigenvalue weighted by molar-refractivity contribution is 5.87. The number of hydrogen-bond acceptors (Lipinski definition) is 6. The molecule has 6 N–H and O–H groups in total. The fourth-order valence-electron chi connectivity index (χ4n) is 1.36. The molecule has 0 bridgehead atoms. The second kappa shape index (κ2) is 6.44. The quantitative estimate of drug-likeness (QED) is 0.465. The minimum absolute atomic E-state index is 0.187. The first-order valence-corrected chi connectivity index (χ1v) is 5.35. The van der Waals surface area contributed by atoms with Gasteiger partial charge < -0.3 is 22.1 Å². The van der Waals surface area contributed by atoms with Crippen molar-refractivity contribution in [3.8, 4) is 0 Å². The Labute approximate surface area is 108 Å². The molecule has 1 aromatic heterocycles. The Hall–Kier alpha value is -2.49. The zero-order chi connectivity index (χ0) is 14.4. The average molecular weight is 269 g/mol. The number of nitrogens with two attached hydrogens (primary N) is 3. The zero-order valence-corrected chi connectivity index (χ0v) is 10.2. The SMILES string of the molecule is NCc1cn(CC(=O)N(CC(N)=O)CC(N)=O)nn1. The summed E-state index contributed by atoms with van der Waals surface area (Å²) in [5.41, 5.74) is 15.8. The van der Waals surface area contributed by atoms with Gasteiger partial charge in [-0.2, -0.15) is 0 Å². The molecule has 3 amide bonds. The van der Waals surface area contributed by atoms with Crippen LogP contribution in [0.1, 0.15) is 5.69 Å². The van der Waals surface area contributed by atoms with E-state index < -0.39 is 17.7 Å². The lowest BCUT2D eigenvalue weighted by atomic mass is 10.4. The van der Waals surface area contributed by atoms with Crippen LogP contribution in [-0.2, 0) is 27.5 Å². The van der Waals surface area contributed by atoms with E-state index in [9.17, 15) is 14.4 Å². The van der Waals surface area contributed by atoms with Crippen LogP contribution in [0.15, 0.2) is 6.20 Å². The van der Waals surface area contributed by atoms with Crippen LogP contribution < -0.4 is 17.2 Å². The monoisotopic (exact) mass is 269 g/mol. The van der Waals surface area contributed by atoms with E-state index >= 15 is 0 Å². The second-order valence-corrected chi connectivity index (χ2v) is 3.79. The van der Waals surface area contributed by atoms with Crippen molar-refractivity contribution in [1.82, 2.24) is 19.9 Å². The first-order chi connectivity index (χ1) is 8.92. The van der Waals surface area contributed by atoms with Crippen molar-refractivity contribution in [2.75, 3.05) is 13.1 Å². The van der Waals surface area contributed by atoms with Crippen molar-refractivity contribution in [2.45, 2.75) is 13.1 Å². The maximum Gasteiger partial charge on any atom is 0.245 e. The predicted octanol–water partition coefficient (Wildman–Crippen LogP) is -3.46. The van der Waals surface area contributed by atoms with Gasteiger partial charge in [0.1, 0.15) is 6.54 Å². The summed E-state index contributed by atoms with van der Waals surface area (Å²) in [4.78, 5) is 34.5. The third kappa shape index (κ3) is 4.71. The summed E-state index contributed by atoms with van der Waals surface area (Å²) < 4.78 is 1.25. The Balaban J connectivity index is 2.69. The number of amides is 3. The summed E-state index contributed by atoms with van der Waals surface area (Å²) in [5, 5.41) is 7.38. The van der Waals surface area contributed by atoms with Crippen LogP contribution in [0.25, 0.3) is 0 Å². The van der Waals surface area contributed by atoms with E-state index in [1.54, 1.807) is 0 Å². The lowest BCUT2D eigenvalue weighted by molar-refractivity contribution is -0.138. The first-order valence-electron chi connectivity index (χ1n) is 5.35. The van der Waals surface area contributed by atoms with E-state index in [4.69, 9.17) is 17.2 Å². The number of rotatable bonds is 7. The van der Waals surface area contributed by atoms with Gasteiger partial charge >= 0.3 is 0 Å². The molecule has 0 saturated carbocycles. The highest BCUT2D eigenvalue weighted by atomic mass is 16.2. The average Bonchev–Trinajstić information content (AvgIpc) is 2.74. The van der Waals surface area contributed by atoms with Crippen molar-refractivity contribution < 1.29 is 14.4 Å². The van der Waals surface area contributed by atoms with Crippen molar-refractivity contribution in [3.63, 3.8) is 0 Å². The van der Waals surface area contributed by atoms with E-state index in [1.165, 1.54) is 10.9 Å². The van der Waals surface area contributed by atoms with Crippen molar-refractivity contribution in [1.29, 1.82) is 0 Å². The summed E-state index contributed by atoms with van der Waals surface area (Å²) in [6.45, 7) is -0.769. The van der Waals surface area contributed by atoms with Gasteiger partial charge in [0, 0.05) is 6.54 Å². The molecule has 0 spiro atoms. The molecule has 1 rings (SSSR count). The van der Waals surface area contributed by atoms with Crippen LogP contribution in [0.3, 0.4) is 0 Å². The van der Waals surface area contributed by atoms with Crippen LogP contribution in [0.4, 0.5) is 0 Å². The first kappa shape index (κ1) is 14.6. The van der Waals surface area contributed by atoms with Crippen LogP contribution in [-0.4, -0.2) is 50.7 Å². The Kier molecular flexibility index (Phi) is 4.94. The molecular formula is C9H15N7O3. The van der Waals surface area contributed by atoms with Crippen LogP contribution in [0, 0.1) is 0 Å². The summed E-state index contributed by atoms with van der Waals surface area (Å²) in [7, 11) is 0. The van der Waals surface area contributed by atoms with Gasteiger partial charge in [0.05, 0.1) is 25.0 Å². The number of carbonyl (C=O) groups is 3. The minimum atomic E-state index is -0.740. The Morgan fingerprint density at radius 2 is 1.79 bits per heavy atom. The van der Waals surface area contributed by atoms with Crippen LogP contribution >= 0.6 is 0 Å². The van der Waals surface area contributed by atoms with Crippen LogP contribution in [0.2, 0.25) is 0 Å². The van der Waals surface area contributed by atoms with Crippen molar-refractivity contribution in [3.05, 3.63) is 11.9 Å². The molecule has 0 radical (unpaired) electrons. The van der Waals surface area contributed by atoms with E-state index in [1.807, 2.05) is 0 Å². The molecule has 0 aliphatic heterocycles. The van der Waals surface area contributed by atoms with Crippen LogP contribution in [0.5, 0.6) is 0 Å². The highest BCUT2D eigenvalue weighted by Gasteiger charge is 2.18. The Morgan fingerprint density at radius 3 is 2.21 bits per heavy atom. The van der Waals surface area contributed by atoms with Gasteiger partial charge in [0.25, 0.3) is 0 Å². The molecule has 0 saturated heterocycles. The van der Waals surface area contributed by atoms with E-state index in [0.29, 0.717) is 5.69 Å². The third-order valence-corrected chi connectivity index (χ3v) is 2.14. The number of hydrogen-bond donors (Lipinski definition) is 3. The molecular weight excluding hydrogens is 254 g/mol. The topological polar surface area (TPSA) is 163 Å². The fraction of sp³-hybridized carbons (Fsp3) is 0.444. The summed E-state index contributed by atoms with van der Waals surface area (Å²) >= 11 is 0. The molecule has 0 unspecified atom stereocenters. The molecule has 104 valence electrons. The van der Waals surface area contributed by atoms with Gasteiger partial charge in [-0.1, -0.05) is 5.21 Å². The number of nitrogens with zero attached hydrogens (tertiary/aromatic N) is 4. The molecule has 0 aliphatic carbocycles. The lowest BCUT2D eigenvalue weighted by Gasteiger charge is -2.19. The predicted molar refractivity (Wildman–Crippen MR) is 62.9 cm³/mol. The third-order valence-electron chi connectivity index (χ3n) is 2.14. The van der Waals surface area contributed by atoms with Gasteiger partial charge in [-0.15, -0.1) is 5.10 Å². The van der Waals surface area contributed by atoms with Gasteiger partial charge in [0.15, 0.2) is 0 Å². The standard InChI is InChI=1S/C9H15N7O3/c10-1-6-2-16(14-13-6)5-9(19)15(3-7(11)17)4-8(12)18/h2H,1,3-5,10H2,(H2,11,17)(H2,12,18). The highest BCUT2D eigenvalue weighted by Crippen LogP contribution is 1.96. The Morgan fingerprint density at radius 1 is 1.21 bits per heavy atom. The smallest absolute Gasteiger partial charge is 0.245 e. The van der Waals surface area contributed by atoms with E-state index in [-0.39, 0.29) is 26.2 Å². The number of primary amides is 2. The molecule has 10 heteroatoms. The maximum atomic E-state index is 11.9. The molecule has 0 aromatic carbocycles. The van der Waals surface area contributed by atoms with Gasteiger partial charge in [-0.3, -0.25) is 14.4 Å². The molecule has 10 nitrogen and oxygen atoms in total. The fourth-order valence-corrected chi connectivity index (χ4v) is 1.36. The molecule has 19 heavy (non-hydrogen) atoms. The molecule has 1 aromatic rings. The van der Waals surface area contributed by atoms with Crippen molar-refractivity contribution >= 4 is 17.7 Å². The minimum Gasteiger partial charge on any atom is -0.368 e. The van der Waals surface area contributed by atoms with E-state index in [0.717, 1.165) is 4.90 Å². The molecule has 1 heterocycles. The van der Waals surface area contributed by atoms with Gasteiger partial charge in [-0.25, -0.2) is 4.68 Å². The summed E-state index contributed by atoms with van der Waals surface area (Å²) in [5.74, 6) is -2.00. The second-order valence-electron chi connectivity index (χ2n) is 3.79. The largest absolute Gasteiger partial charge is 0.368 e. The molecule has 0 aliphatic rings. The zero-order valence-electron chi connectivity index (χ0n) is 10.2.